The molecule has 0 fully saturated rings. The Labute approximate surface area is 141 Å². The molecule has 0 saturated carbocycles. The molecule has 3 rings (SSSR count). The van der Waals surface area contributed by atoms with E-state index in [0.29, 0.717) is 11.7 Å². The molecule has 1 heterocycles. The van der Waals surface area contributed by atoms with Gasteiger partial charge in [-0.2, -0.15) is 0 Å². The monoisotopic (exact) mass is 405 g/mol. The molecule has 0 saturated heterocycles. The van der Waals surface area contributed by atoms with Gasteiger partial charge in [0.1, 0.15) is 0 Å². The second-order valence-corrected chi connectivity index (χ2v) is 5.81. The predicted octanol–water partition coefficient (Wildman–Crippen LogP) is 4.40. The molecule has 0 aliphatic heterocycles. The number of rotatable bonds is 3. The predicted molar refractivity (Wildman–Crippen MR) is 91.4 cm³/mol. The van der Waals surface area contributed by atoms with E-state index in [-0.39, 0.29) is 5.69 Å². The van der Waals surface area contributed by atoms with Crippen molar-refractivity contribution in [2.75, 3.05) is 7.11 Å². The van der Waals surface area contributed by atoms with Crippen LogP contribution in [0.1, 0.15) is 10.5 Å². The number of methoxy groups -OCH3 is 1. The highest BCUT2D eigenvalue weighted by Gasteiger charge is 2.22. The zero-order valence-electron chi connectivity index (χ0n) is 11.7. The van der Waals surface area contributed by atoms with E-state index < -0.39 is 5.97 Å². The zero-order valence-corrected chi connectivity index (χ0v) is 13.9. The molecule has 0 N–H and O–H groups in total. The van der Waals surface area contributed by atoms with Gasteiger partial charge in [-0.05, 0) is 40.8 Å². The summed E-state index contributed by atoms with van der Waals surface area (Å²) in [4.78, 5) is 16.3. The van der Waals surface area contributed by atoms with Crippen molar-refractivity contribution in [1.29, 1.82) is 0 Å². The van der Waals surface area contributed by atoms with Crippen molar-refractivity contribution in [2.45, 2.75) is 0 Å². The van der Waals surface area contributed by atoms with Gasteiger partial charge in [0.2, 0.25) is 5.89 Å². The molecular weight excluding hydrogens is 393 g/mol. The number of oxazole rings is 1. The molecule has 0 aliphatic rings. The third-order valence-corrected chi connectivity index (χ3v) is 3.78. The number of hydrogen-bond donors (Lipinski definition) is 0. The van der Waals surface area contributed by atoms with E-state index in [1.165, 1.54) is 7.11 Å². The van der Waals surface area contributed by atoms with Gasteiger partial charge in [0.25, 0.3) is 0 Å². The highest BCUT2D eigenvalue weighted by Crippen LogP contribution is 2.30. The summed E-state index contributed by atoms with van der Waals surface area (Å²) in [6.07, 6.45) is 0. The van der Waals surface area contributed by atoms with Crippen molar-refractivity contribution in [3.63, 3.8) is 0 Å². The molecule has 1 aromatic heterocycles. The lowest BCUT2D eigenvalue weighted by atomic mass is 10.1. The lowest BCUT2D eigenvalue weighted by molar-refractivity contribution is 0.0595. The Morgan fingerprint density at radius 1 is 1.09 bits per heavy atom. The van der Waals surface area contributed by atoms with Crippen LogP contribution in [0.4, 0.5) is 0 Å². The molecule has 2 aromatic carbocycles. The van der Waals surface area contributed by atoms with Crippen LogP contribution < -0.4 is 0 Å². The summed E-state index contributed by atoms with van der Waals surface area (Å²) in [5.74, 6) is 0.304. The van der Waals surface area contributed by atoms with E-state index in [0.717, 1.165) is 14.7 Å². The third-order valence-electron chi connectivity index (χ3n) is 3.11. The largest absolute Gasteiger partial charge is 0.464 e. The molecule has 110 valence electrons. The lowest BCUT2D eigenvalue weighted by Crippen LogP contribution is -2.03. The van der Waals surface area contributed by atoms with Crippen molar-refractivity contribution in [3.05, 3.63) is 63.9 Å². The van der Waals surface area contributed by atoms with E-state index in [1.54, 1.807) is 0 Å². The van der Waals surface area contributed by atoms with Crippen molar-refractivity contribution < 1.29 is 13.9 Å². The van der Waals surface area contributed by atoms with Crippen molar-refractivity contribution in [1.82, 2.24) is 4.98 Å². The number of carbonyl (C=O) groups excluding carboxylic acids is 1. The molecule has 0 amide bonds. The number of ether oxygens (including phenoxy) is 1. The highest BCUT2D eigenvalue weighted by atomic mass is 127. The summed E-state index contributed by atoms with van der Waals surface area (Å²) in [5, 5.41) is 0. The molecule has 0 bridgehead atoms. The summed E-state index contributed by atoms with van der Waals surface area (Å²) in [6, 6.07) is 17.1. The van der Waals surface area contributed by atoms with Crippen molar-refractivity contribution in [3.8, 4) is 22.8 Å². The van der Waals surface area contributed by atoms with Crippen LogP contribution in [-0.2, 0) is 4.74 Å². The molecule has 0 radical (unpaired) electrons. The molecule has 0 aliphatic carbocycles. The minimum absolute atomic E-state index is 0.183. The number of aromatic nitrogens is 1. The van der Waals surface area contributed by atoms with Gasteiger partial charge in [0, 0.05) is 14.7 Å². The van der Waals surface area contributed by atoms with Crippen LogP contribution in [0.3, 0.4) is 0 Å². The Morgan fingerprint density at radius 2 is 1.82 bits per heavy atom. The highest BCUT2D eigenvalue weighted by molar-refractivity contribution is 14.1. The fraction of sp³-hybridized carbons (Fsp3) is 0.0588. The number of benzene rings is 2. The van der Waals surface area contributed by atoms with E-state index in [2.05, 4.69) is 27.6 Å². The smallest absolute Gasteiger partial charge is 0.360 e. The minimum Gasteiger partial charge on any atom is -0.464 e. The molecular formula is C17H12INO3. The first-order valence-electron chi connectivity index (χ1n) is 6.59. The maximum absolute atomic E-state index is 12.0. The maximum Gasteiger partial charge on any atom is 0.360 e. The summed E-state index contributed by atoms with van der Waals surface area (Å²) in [5.41, 5.74) is 1.79. The van der Waals surface area contributed by atoms with Crippen LogP contribution in [0.15, 0.2) is 59.0 Å². The Bertz CT molecular complexity index is 812. The topological polar surface area (TPSA) is 52.3 Å². The Kier molecular flexibility index (Phi) is 4.24. The van der Waals surface area contributed by atoms with Gasteiger partial charge in [0.05, 0.1) is 7.11 Å². The number of hydrogen-bond acceptors (Lipinski definition) is 4. The average Bonchev–Trinajstić information content (AvgIpc) is 3.00. The molecule has 5 heteroatoms. The summed E-state index contributed by atoms with van der Waals surface area (Å²) < 4.78 is 11.7. The second kappa shape index (κ2) is 6.31. The quantitative estimate of drug-likeness (QED) is 0.479. The fourth-order valence-electron chi connectivity index (χ4n) is 2.09. The molecule has 0 unspecified atom stereocenters. The average molecular weight is 405 g/mol. The number of esters is 1. The Morgan fingerprint density at radius 3 is 2.50 bits per heavy atom. The number of carbonyl (C=O) groups is 1. The fourth-order valence-corrected chi connectivity index (χ4v) is 2.63. The number of nitrogens with zero attached hydrogens (tertiary/aromatic N) is 1. The van der Waals surface area contributed by atoms with Crippen LogP contribution in [0, 0.1) is 3.57 Å². The van der Waals surface area contributed by atoms with Gasteiger partial charge >= 0.3 is 5.97 Å². The van der Waals surface area contributed by atoms with Gasteiger partial charge in [-0.1, -0.05) is 36.4 Å². The summed E-state index contributed by atoms with van der Waals surface area (Å²) in [6.45, 7) is 0. The molecule has 3 aromatic rings. The SMILES string of the molecule is COC(=O)c1nc(-c2cccc(I)c2)oc1-c1ccccc1. The van der Waals surface area contributed by atoms with E-state index in [4.69, 9.17) is 9.15 Å². The molecule has 4 nitrogen and oxygen atoms in total. The van der Waals surface area contributed by atoms with E-state index >= 15 is 0 Å². The standard InChI is InChI=1S/C17H12INO3/c1-21-17(20)14-15(11-6-3-2-4-7-11)22-16(19-14)12-8-5-9-13(18)10-12/h2-10H,1H3. The Balaban J connectivity index is 2.15. The molecule has 0 atom stereocenters. The normalized spacial score (nSPS) is 10.5. The van der Waals surface area contributed by atoms with Crippen molar-refractivity contribution in [2.24, 2.45) is 0 Å². The first kappa shape index (κ1) is 14.8. The van der Waals surface area contributed by atoms with Gasteiger partial charge in [0.15, 0.2) is 11.5 Å². The number of halogens is 1. The minimum atomic E-state index is -0.514. The van der Waals surface area contributed by atoms with Crippen LogP contribution in [-0.4, -0.2) is 18.1 Å². The van der Waals surface area contributed by atoms with Crippen LogP contribution in [0.2, 0.25) is 0 Å². The van der Waals surface area contributed by atoms with Gasteiger partial charge < -0.3 is 9.15 Å². The Hall–Kier alpha value is -2.15. The maximum atomic E-state index is 12.0. The van der Waals surface area contributed by atoms with Gasteiger partial charge in [-0.25, -0.2) is 9.78 Å². The molecule has 22 heavy (non-hydrogen) atoms. The second-order valence-electron chi connectivity index (χ2n) is 4.56. The van der Waals surface area contributed by atoms with Crippen LogP contribution >= 0.6 is 22.6 Å². The van der Waals surface area contributed by atoms with E-state index in [1.807, 2.05) is 54.6 Å². The third kappa shape index (κ3) is 2.89. The lowest BCUT2D eigenvalue weighted by Gasteiger charge is -1.99. The molecule has 0 spiro atoms. The van der Waals surface area contributed by atoms with Gasteiger partial charge in [-0.15, -0.1) is 0 Å². The first-order valence-corrected chi connectivity index (χ1v) is 7.67. The van der Waals surface area contributed by atoms with Crippen molar-refractivity contribution >= 4 is 28.6 Å². The van der Waals surface area contributed by atoms with Gasteiger partial charge in [-0.3, -0.25) is 0 Å². The first-order chi connectivity index (χ1) is 10.7. The van der Waals surface area contributed by atoms with Crippen LogP contribution in [0.25, 0.3) is 22.8 Å². The summed E-state index contributed by atoms with van der Waals surface area (Å²) >= 11 is 2.22. The van der Waals surface area contributed by atoms with E-state index in [9.17, 15) is 4.79 Å². The van der Waals surface area contributed by atoms with Crippen LogP contribution in [0.5, 0.6) is 0 Å². The summed E-state index contributed by atoms with van der Waals surface area (Å²) in [7, 11) is 1.33. The zero-order chi connectivity index (χ0) is 15.5.